The fourth-order valence-corrected chi connectivity index (χ4v) is 8.80. The molecule has 0 bridgehead atoms. The molecule has 62 heavy (non-hydrogen) atoms. The van der Waals surface area contributed by atoms with E-state index in [0.29, 0.717) is 17.6 Å². The molecule has 5 heterocycles. The number of pyridine rings is 2. The molecule has 0 aliphatic rings. The highest BCUT2D eigenvalue weighted by Crippen LogP contribution is 2.40. The first kappa shape index (κ1) is 35.4. The molecule has 0 aliphatic carbocycles. The molecule has 0 aliphatic heterocycles. The van der Waals surface area contributed by atoms with Gasteiger partial charge in [-0.05, 0) is 95.1 Å². The highest BCUT2D eigenvalue weighted by atomic mass is 15.2. The minimum Gasteiger partial charge on any atom is -0.309 e. The van der Waals surface area contributed by atoms with E-state index in [1.807, 2.05) is 97.6 Å². The van der Waals surface area contributed by atoms with Crippen LogP contribution >= 0.6 is 0 Å². The Hall–Kier alpha value is -8.55. The minimum absolute atomic E-state index is 0.555. The van der Waals surface area contributed by atoms with Crippen LogP contribution in [0, 0.1) is 0 Å². The van der Waals surface area contributed by atoms with Gasteiger partial charge in [0.2, 0.25) is 5.95 Å². The lowest BCUT2D eigenvalue weighted by Crippen LogP contribution is -2.06. The fourth-order valence-electron chi connectivity index (χ4n) is 8.80. The monoisotopic (exact) mass is 793 g/mol. The molecule has 12 aromatic rings. The molecule has 0 unspecified atom stereocenters. The van der Waals surface area contributed by atoms with Crippen molar-refractivity contribution in [3.05, 3.63) is 213 Å². The van der Waals surface area contributed by atoms with Crippen molar-refractivity contribution in [1.29, 1.82) is 0 Å². The molecule has 0 atom stereocenters. The third kappa shape index (κ3) is 6.02. The number of para-hydroxylation sites is 1. The first-order valence-electron chi connectivity index (χ1n) is 20.6. The van der Waals surface area contributed by atoms with Gasteiger partial charge in [-0.15, -0.1) is 0 Å². The predicted molar refractivity (Wildman–Crippen MR) is 251 cm³/mol. The van der Waals surface area contributed by atoms with Crippen LogP contribution in [-0.2, 0) is 0 Å². The third-order valence-corrected chi connectivity index (χ3v) is 11.8. The molecule has 0 radical (unpaired) electrons. The molecule has 7 heteroatoms. The molecule has 290 valence electrons. The fraction of sp³-hybridized carbons (Fsp3) is 0. The summed E-state index contributed by atoms with van der Waals surface area (Å²) in [6, 6.07) is 65.9. The largest absolute Gasteiger partial charge is 0.309 e. The average Bonchev–Trinajstić information content (AvgIpc) is 3.86. The van der Waals surface area contributed by atoms with Crippen molar-refractivity contribution in [3.8, 4) is 67.8 Å². The molecule has 5 aromatic heterocycles. The SMILES string of the molecule is c1ccc(-c2nc(-c3ccccc3)nc(-n3c4ccc(-c5cccnc5)cc4c4cc(-c5ccc6c(c5)c5cc(-c7cccnc7)ccc5n6-c5ccccc5)ccc43)n2)cc1. The van der Waals surface area contributed by atoms with E-state index in [2.05, 4.69) is 134 Å². The summed E-state index contributed by atoms with van der Waals surface area (Å²) in [7, 11) is 0. The summed E-state index contributed by atoms with van der Waals surface area (Å²) < 4.78 is 4.54. The maximum absolute atomic E-state index is 5.18. The zero-order valence-electron chi connectivity index (χ0n) is 33.3. The Balaban J connectivity index is 1.09. The van der Waals surface area contributed by atoms with E-state index in [1.165, 1.54) is 10.8 Å². The van der Waals surface area contributed by atoms with Crippen LogP contribution in [0.1, 0.15) is 0 Å². The molecule has 0 saturated carbocycles. The molecule has 12 rings (SSSR count). The number of hydrogen-bond donors (Lipinski definition) is 0. The molecular weight excluding hydrogens is 759 g/mol. The molecular formula is C55H35N7. The van der Waals surface area contributed by atoms with Gasteiger partial charge in [0.1, 0.15) is 0 Å². The van der Waals surface area contributed by atoms with Crippen LogP contribution in [0.25, 0.3) is 111 Å². The smallest absolute Gasteiger partial charge is 0.238 e. The van der Waals surface area contributed by atoms with Gasteiger partial charge in [0.25, 0.3) is 0 Å². The number of nitrogens with zero attached hydrogens (tertiary/aromatic N) is 7. The number of aromatic nitrogens is 7. The van der Waals surface area contributed by atoms with Gasteiger partial charge < -0.3 is 4.57 Å². The standard InChI is InChI=1S/C55H35N7/c1-4-12-36(13-5-1)53-58-54(37-14-6-2-7-15-37)60-55(59-53)62-51-26-21-39(31-47(51)48-33-41(23-27-52(48)62)43-17-11-29-57-35-43)38-20-24-49-45(30-38)46-32-40(42-16-10-28-56-34-42)22-25-50(46)61(49)44-18-8-3-9-19-44/h1-35H. The summed E-state index contributed by atoms with van der Waals surface area (Å²) in [5.74, 6) is 1.78. The van der Waals surface area contributed by atoms with Crippen LogP contribution in [0.2, 0.25) is 0 Å². The van der Waals surface area contributed by atoms with Crippen molar-refractivity contribution in [3.63, 3.8) is 0 Å². The van der Waals surface area contributed by atoms with Crippen molar-refractivity contribution in [2.24, 2.45) is 0 Å². The summed E-state index contributed by atoms with van der Waals surface area (Å²) in [6.07, 6.45) is 7.47. The summed E-state index contributed by atoms with van der Waals surface area (Å²) >= 11 is 0. The van der Waals surface area contributed by atoms with Gasteiger partial charge in [-0.25, -0.2) is 4.98 Å². The highest BCUT2D eigenvalue weighted by molar-refractivity contribution is 6.13. The van der Waals surface area contributed by atoms with Crippen LogP contribution in [0.15, 0.2) is 213 Å². The summed E-state index contributed by atoms with van der Waals surface area (Å²) in [5, 5.41) is 4.55. The second kappa shape index (κ2) is 14.6. The zero-order valence-corrected chi connectivity index (χ0v) is 33.3. The van der Waals surface area contributed by atoms with E-state index in [0.717, 1.165) is 83.0 Å². The lowest BCUT2D eigenvalue weighted by Gasteiger charge is -2.11. The van der Waals surface area contributed by atoms with Crippen LogP contribution in [-0.4, -0.2) is 34.1 Å². The van der Waals surface area contributed by atoms with Gasteiger partial charge in [0, 0.05) is 74.3 Å². The predicted octanol–water partition coefficient (Wildman–Crippen LogP) is 13.2. The first-order valence-corrected chi connectivity index (χ1v) is 20.6. The lowest BCUT2D eigenvalue weighted by molar-refractivity contribution is 0.953. The van der Waals surface area contributed by atoms with E-state index in [-0.39, 0.29) is 0 Å². The first-order chi connectivity index (χ1) is 30.7. The summed E-state index contributed by atoms with van der Waals surface area (Å²) in [6.45, 7) is 0. The van der Waals surface area contributed by atoms with E-state index < -0.39 is 0 Å². The Labute approximate surface area is 356 Å². The topological polar surface area (TPSA) is 74.3 Å². The van der Waals surface area contributed by atoms with E-state index >= 15 is 0 Å². The Bertz CT molecular complexity index is 3550. The van der Waals surface area contributed by atoms with E-state index in [9.17, 15) is 0 Å². The molecule has 7 nitrogen and oxygen atoms in total. The van der Waals surface area contributed by atoms with Gasteiger partial charge in [-0.3, -0.25) is 14.5 Å². The Morgan fingerprint density at radius 1 is 0.290 bits per heavy atom. The van der Waals surface area contributed by atoms with Gasteiger partial charge >= 0.3 is 0 Å². The molecule has 0 amide bonds. The van der Waals surface area contributed by atoms with Crippen LogP contribution in [0.5, 0.6) is 0 Å². The van der Waals surface area contributed by atoms with E-state index in [4.69, 9.17) is 15.0 Å². The average molecular weight is 794 g/mol. The molecule has 7 aromatic carbocycles. The quantitative estimate of drug-likeness (QED) is 0.161. The molecule has 0 fully saturated rings. The van der Waals surface area contributed by atoms with Crippen LogP contribution < -0.4 is 0 Å². The van der Waals surface area contributed by atoms with Gasteiger partial charge in [-0.1, -0.05) is 115 Å². The van der Waals surface area contributed by atoms with Crippen molar-refractivity contribution in [1.82, 2.24) is 34.1 Å². The molecule has 0 N–H and O–H groups in total. The van der Waals surface area contributed by atoms with Crippen LogP contribution in [0.4, 0.5) is 0 Å². The number of benzene rings is 7. The number of rotatable bonds is 7. The minimum atomic E-state index is 0.555. The number of hydrogen-bond acceptors (Lipinski definition) is 5. The van der Waals surface area contributed by atoms with Crippen molar-refractivity contribution < 1.29 is 0 Å². The molecule has 0 spiro atoms. The third-order valence-electron chi connectivity index (χ3n) is 11.8. The lowest BCUT2D eigenvalue weighted by atomic mass is 9.99. The number of fused-ring (bicyclic) bond motifs is 6. The van der Waals surface area contributed by atoms with Crippen molar-refractivity contribution >= 4 is 43.6 Å². The molecule has 0 saturated heterocycles. The summed E-state index contributed by atoms with van der Waals surface area (Å²) in [4.78, 5) is 24.2. The van der Waals surface area contributed by atoms with Crippen molar-refractivity contribution in [2.75, 3.05) is 0 Å². The Morgan fingerprint density at radius 3 is 1.06 bits per heavy atom. The second-order valence-corrected chi connectivity index (χ2v) is 15.4. The normalized spacial score (nSPS) is 11.5. The maximum Gasteiger partial charge on any atom is 0.238 e. The summed E-state index contributed by atoms with van der Waals surface area (Å²) in [5.41, 5.74) is 13.9. The Morgan fingerprint density at radius 2 is 0.661 bits per heavy atom. The van der Waals surface area contributed by atoms with Gasteiger partial charge in [0.05, 0.1) is 22.1 Å². The maximum atomic E-state index is 5.18. The van der Waals surface area contributed by atoms with Crippen molar-refractivity contribution in [2.45, 2.75) is 0 Å². The van der Waals surface area contributed by atoms with Crippen LogP contribution in [0.3, 0.4) is 0 Å². The van der Waals surface area contributed by atoms with Gasteiger partial charge in [-0.2, -0.15) is 9.97 Å². The van der Waals surface area contributed by atoms with Gasteiger partial charge in [0.15, 0.2) is 11.6 Å². The van der Waals surface area contributed by atoms with E-state index in [1.54, 1.807) is 0 Å². The Kier molecular flexibility index (Phi) is 8.35. The zero-order chi connectivity index (χ0) is 41.0. The highest BCUT2D eigenvalue weighted by Gasteiger charge is 2.20. The second-order valence-electron chi connectivity index (χ2n) is 15.4.